The fourth-order valence-corrected chi connectivity index (χ4v) is 0.669. The smallest absolute Gasteiger partial charge is 0.394 e. The van der Waals surface area contributed by atoms with Crippen LogP contribution in [0.2, 0.25) is 0 Å². The molecule has 0 aliphatic rings. The van der Waals surface area contributed by atoms with Gasteiger partial charge in [0.05, 0.1) is 0 Å². The summed E-state index contributed by atoms with van der Waals surface area (Å²) in [4.78, 5) is 7.76. The number of thiol groups is 1. The van der Waals surface area contributed by atoms with Crippen LogP contribution in [0, 0.1) is 6.92 Å². The Morgan fingerprint density at radius 1 is 1.50 bits per heavy atom. The van der Waals surface area contributed by atoms with E-state index in [1.54, 1.807) is 19.3 Å². The zero-order valence-electron chi connectivity index (χ0n) is 5.52. The number of hydrogen-bond donors (Lipinski definition) is 2. The van der Waals surface area contributed by atoms with Gasteiger partial charge in [-0.3, -0.25) is 0 Å². The molecule has 0 aliphatic heterocycles. The number of aromatic nitrogens is 2. The molecular weight excluding hydrogens is 147 g/mol. The molecule has 0 aliphatic carbocycles. The summed E-state index contributed by atoms with van der Waals surface area (Å²) in [6.45, 7) is 1.79. The summed E-state index contributed by atoms with van der Waals surface area (Å²) in [5.74, 6) is 0.692. The van der Waals surface area contributed by atoms with Gasteiger partial charge in [-0.25, -0.2) is 9.97 Å². The average molecular weight is 154 g/mol. The van der Waals surface area contributed by atoms with Gasteiger partial charge in [0.1, 0.15) is 5.82 Å². The van der Waals surface area contributed by atoms with E-state index in [0.717, 1.165) is 0 Å². The largest absolute Gasteiger partial charge is 0.438 e. The van der Waals surface area contributed by atoms with E-state index in [1.165, 1.54) is 0 Å². The molecule has 10 heavy (non-hydrogen) atoms. The van der Waals surface area contributed by atoms with Gasteiger partial charge >= 0.3 is 6.19 Å². The third-order valence-corrected chi connectivity index (χ3v) is 1.40. The van der Waals surface area contributed by atoms with Gasteiger partial charge in [0, 0.05) is 12.4 Å². The SMILES string of the molecule is Cc1ncc(B(O)S)cn1. The highest BCUT2D eigenvalue weighted by atomic mass is 32.1. The molecule has 0 saturated carbocycles. The first-order valence-electron chi connectivity index (χ1n) is 2.85. The van der Waals surface area contributed by atoms with Crippen molar-refractivity contribution in [3.63, 3.8) is 0 Å². The van der Waals surface area contributed by atoms with Crippen LogP contribution in [-0.2, 0) is 0 Å². The lowest BCUT2D eigenvalue weighted by Crippen LogP contribution is -2.25. The van der Waals surface area contributed by atoms with Crippen molar-refractivity contribution in [2.24, 2.45) is 0 Å². The van der Waals surface area contributed by atoms with Crippen molar-refractivity contribution < 1.29 is 5.02 Å². The van der Waals surface area contributed by atoms with Crippen molar-refractivity contribution in [3.05, 3.63) is 18.2 Å². The molecule has 1 aromatic rings. The predicted octanol–water partition coefficient (Wildman–Crippen LogP) is -0.598. The monoisotopic (exact) mass is 154 g/mol. The number of rotatable bonds is 1. The highest BCUT2D eigenvalue weighted by Crippen LogP contribution is 1.85. The first kappa shape index (κ1) is 7.56. The van der Waals surface area contributed by atoms with Gasteiger partial charge in [0.2, 0.25) is 0 Å². The summed E-state index contributed by atoms with van der Waals surface area (Å²) >= 11 is 3.80. The highest BCUT2D eigenvalue weighted by Gasteiger charge is 2.07. The van der Waals surface area contributed by atoms with Gasteiger partial charge < -0.3 is 5.02 Å². The Hall–Kier alpha value is -0.545. The van der Waals surface area contributed by atoms with E-state index >= 15 is 0 Å². The van der Waals surface area contributed by atoms with Crippen LogP contribution in [-0.4, -0.2) is 21.2 Å². The summed E-state index contributed by atoms with van der Waals surface area (Å²) < 4.78 is 0. The summed E-state index contributed by atoms with van der Waals surface area (Å²) in [5, 5.41) is 8.90. The maximum atomic E-state index is 8.90. The molecule has 0 unspecified atom stereocenters. The van der Waals surface area contributed by atoms with Crippen molar-refractivity contribution in [1.29, 1.82) is 0 Å². The van der Waals surface area contributed by atoms with Gasteiger partial charge in [0.25, 0.3) is 0 Å². The Kier molecular flexibility index (Phi) is 2.29. The van der Waals surface area contributed by atoms with E-state index in [-0.39, 0.29) is 0 Å². The van der Waals surface area contributed by atoms with Gasteiger partial charge in [-0.2, -0.15) is 12.5 Å². The molecule has 0 amide bonds. The Balaban J connectivity index is 2.89. The molecule has 3 nitrogen and oxygen atoms in total. The van der Waals surface area contributed by atoms with Crippen LogP contribution >= 0.6 is 12.5 Å². The standard InChI is InChI=1S/C5H7BN2OS/c1-4-7-2-5(3-8-4)6(9)10/h2-3,9-10H,1H3. The zero-order valence-corrected chi connectivity index (χ0v) is 6.42. The zero-order chi connectivity index (χ0) is 7.56. The highest BCUT2D eigenvalue weighted by molar-refractivity contribution is 8.10. The Bertz CT molecular complexity index is 213. The fraction of sp³-hybridized carbons (Fsp3) is 0.200. The lowest BCUT2D eigenvalue weighted by Gasteiger charge is -1.96. The Morgan fingerprint density at radius 2 is 2.00 bits per heavy atom. The Morgan fingerprint density at radius 3 is 2.40 bits per heavy atom. The molecular formula is C5H7BN2OS. The first-order valence-corrected chi connectivity index (χ1v) is 3.36. The molecule has 1 rings (SSSR count). The molecule has 1 N–H and O–H groups in total. The second-order valence-electron chi connectivity index (χ2n) is 1.94. The Labute approximate surface area is 64.9 Å². The molecule has 1 aromatic heterocycles. The van der Waals surface area contributed by atoms with Gasteiger partial charge in [-0.05, 0) is 12.4 Å². The second-order valence-corrected chi connectivity index (χ2v) is 2.43. The fourth-order valence-electron chi connectivity index (χ4n) is 0.536. The van der Waals surface area contributed by atoms with E-state index < -0.39 is 6.19 Å². The third-order valence-electron chi connectivity index (χ3n) is 1.10. The molecule has 0 radical (unpaired) electrons. The molecule has 0 atom stereocenters. The molecule has 52 valence electrons. The van der Waals surface area contributed by atoms with E-state index in [0.29, 0.717) is 11.3 Å². The molecule has 0 fully saturated rings. The average Bonchev–Trinajstić information content (AvgIpc) is 1.88. The minimum atomic E-state index is -0.777. The maximum absolute atomic E-state index is 8.90. The molecule has 0 saturated heterocycles. The third kappa shape index (κ3) is 1.72. The van der Waals surface area contributed by atoms with Crippen molar-refractivity contribution in [1.82, 2.24) is 9.97 Å². The van der Waals surface area contributed by atoms with E-state index in [1.807, 2.05) is 0 Å². The predicted molar refractivity (Wildman–Crippen MR) is 43.4 cm³/mol. The van der Waals surface area contributed by atoms with E-state index in [2.05, 4.69) is 22.4 Å². The van der Waals surface area contributed by atoms with Gasteiger partial charge in [0.15, 0.2) is 0 Å². The van der Waals surface area contributed by atoms with Crippen molar-refractivity contribution >= 4 is 24.1 Å². The number of nitrogens with zero attached hydrogens (tertiary/aromatic N) is 2. The molecule has 0 aromatic carbocycles. The first-order chi connectivity index (χ1) is 4.70. The minimum absolute atomic E-state index is 0.619. The molecule has 5 heteroatoms. The second kappa shape index (κ2) is 3.03. The minimum Gasteiger partial charge on any atom is -0.438 e. The lowest BCUT2D eigenvalue weighted by atomic mass is 9.90. The van der Waals surface area contributed by atoms with E-state index in [9.17, 15) is 0 Å². The van der Waals surface area contributed by atoms with Crippen molar-refractivity contribution in [2.75, 3.05) is 0 Å². The maximum Gasteiger partial charge on any atom is 0.394 e. The quantitative estimate of drug-likeness (QED) is 0.419. The number of aryl methyl sites for hydroxylation is 1. The normalized spacial score (nSPS) is 9.50. The lowest BCUT2D eigenvalue weighted by molar-refractivity contribution is 0.609. The topological polar surface area (TPSA) is 46.0 Å². The molecule has 0 spiro atoms. The van der Waals surface area contributed by atoms with Crippen LogP contribution in [0.5, 0.6) is 0 Å². The van der Waals surface area contributed by atoms with Crippen molar-refractivity contribution in [3.8, 4) is 0 Å². The van der Waals surface area contributed by atoms with Crippen LogP contribution in [0.25, 0.3) is 0 Å². The van der Waals surface area contributed by atoms with Crippen LogP contribution < -0.4 is 5.46 Å². The van der Waals surface area contributed by atoms with Gasteiger partial charge in [-0.1, -0.05) is 0 Å². The van der Waals surface area contributed by atoms with Crippen LogP contribution in [0.3, 0.4) is 0 Å². The summed E-state index contributed by atoms with van der Waals surface area (Å²) in [6, 6.07) is 0. The van der Waals surface area contributed by atoms with Crippen LogP contribution in [0.15, 0.2) is 12.4 Å². The van der Waals surface area contributed by atoms with Crippen LogP contribution in [0.1, 0.15) is 5.82 Å². The number of hydrogen-bond acceptors (Lipinski definition) is 4. The van der Waals surface area contributed by atoms with Gasteiger partial charge in [-0.15, -0.1) is 0 Å². The van der Waals surface area contributed by atoms with E-state index in [4.69, 9.17) is 5.02 Å². The summed E-state index contributed by atoms with van der Waals surface area (Å²) in [6.07, 6.45) is 2.33. The van der Waals surface area contributed by atoms with Crippen LogP contribution in [0.4, 0.5) is 0 Å². The summed E-state index contributed by atoms with van der Waals surface area (Å²) in [7, 11) is 0. The summed E-state index contributed by atoms with van der Waals surface area (Å²) in [5.41, 5.74) is 0.619. The van der Waals surface area contributed by atoms with Crippen molar-refractivity contribution in [2.45, 2.75) is 6.92 Å². The molecule has 1 heterocycles. The molecule has 0 bridgehead atoms.